The second kappa shape index (κ2) is 6.43. The summed E-state index contributed by atoms with van der Waals surface area (Å²) >= 11 is 0. The Kier molecular flexibility index (Phi) is 4.88. The molecular formula is C14H16O3. The molecule has 1 aromatic carbocycles. The van der Waals surface area contributed by atoms with Crippen molar-refractivity contribution in [3.8, 4) is 0 Å². The van der Waals surface area contributed by atoms with E-state index >= 15 is 0 Å². The van der Waals surface area contributed by atoms with Gasteiger partial charge in [0.15, 0.2) is 6.61 Å². The van der Waals surface area contributed by atoms with Crippen molar-refractivity contribution in [2.75, 3.05) is 6.61 Å². The van der Waals surface area contributed by atoms with Gasteiger partial charge in [0.25, 0.3) is 0 Å². The predicted octanol–water partition coefficient (Wildman–Crippen LogP) is 3.32. The van der Waals surface area contributed by atoms with Crippen LogP contribution in [0.4, 0.5) is 0 Å². The Morgan fingerprint density at radius 1 is 0.941 bits per heavy atom. The van der Waals surface area contributed by atoms with E-state index < -0.39 is 5.79 Å². The average Bonchev–Trinajstić information content (AvgIpc) is 2.37. The third-order valence-corrected chi connectivity index (χ3v) is 2.15. The van der Waals surface area contributed by atoms with Gasteiger partial charge in [-0.25, -0.2) is 0 Å². The van der Waals surface area contributed by atoms with Crippen molar-refractivity contribution in [3.05, 3.63) is 74.4 Å². The first-order chi connectivity index (χ1) is 8.29. The molecule has 3 nitrogen and oxygen atoms in total. The number of hydrogen-bond acceptors (Lipinski definition) is 3. The van der Waals surface area contributed by atoms with E-state index in [0.29, 0.717) is 0 Å². The quantitative estimate of drug-likeness (QED) is 0.508. The Hall–Kier alpha value is -2.16. The summed E-state index contributed by atoms with van der Waals surface area (Å²) in [5.74, 6) is -1.08. The fourth-order valence-electron chi connectivity index (χ4n) is 1.45. The van der Waals surface area contributed by atoms with E-state index in [2.05, 4.69) is 19.7 Å². The molecule has 0 aliphatic heterocycles. The maximum atomic E-state index is 5.46. The van der Waals surface area contributed by atoms with Crippen molar-refractivity contribution >= 4 is 0 Å². The lowest BCUT2D eigenvalue weighted by Crippen LogP contribution is -2.34. The van der Waals surface area contributed by atoms with Crippen LogP contribution in [-0.2, 0) is 20.0 Å². The molecule has 0 fully saturated rings. The van der Waals surface area contributed by atoms with Gasteiger partial charge in [-0.1, -0.05) is 50.1 Å². The molecular weight excluding hydrogens is 216 g/mol. The molecule has 0 amide bonds. The van der Waals surface area contributed by atoms with E-state index in [0.717, 1.165) is 5.56 Å². The van der Waals surface area contributed by atoms with Crippen LogP contribution in [0.5, 0.6) is 0 Å². The lowest BCUT2D eigenvalue weighted by atomic mass is 10.1. The highest BCUT2D eigenvalue weighted by Gasteiger charge is 2.35. The van der Waals surface area contributed by atoms with Crippen LogP contribution in [0, 0.1) is 0 Å². The zero-order chi connectivity index (χ0) is 12.6. The van der Waals surface area contributed by atoms with Crippen LogP contribution in [0.15, 0.2) is 68.9 Å². The van der Waals surface area contributed by atoms with Gasteiger partial charge in [-0.05, 0) is 0 Å². The summed E-state index contributed by atoms with van der Waals surface area (Å²) < 4.78 is 16.1. The molecule has 0 N–H and O–H groups in total. The lowest BCUT2D eigenvalue weighted by Gasteiger charge is -2.31. The molecule has 90 valence electrons. The molecule has 0 unspecified atom stereocenters. The summed E-state index contributed by atoms with van der Waals surface area (Å²) in [5, 5.41) is 0. The van der Waals surface area contributed by atoms with Gasteiger partial charge >= 0.3 is 5.79 Å². The average molecular weight is 232 g/mol. The Balaban J connectivity index is 3.07. The minimum atomic E-state index is -1.08. The smallest absolute Gasteiger partial charge is 0.311 e. The third-order valence-electron chi connectivity index (χ3n) is 2.15. The van der Waals surface area contributed by atoms with Crippen LogP contribution in [0.1, 0.15) is 5.56 Å². The highest BCUT2D eigenvalue weighted by atomic mass is 16.7. The van der Waals surface area contributed by atoms with Crippen LogP contribution in [-0.4, -0.2) is 6.61 Å². The van der Waals surface area contributed by atoms with Gasteiger partial charge in [-0.2, -0.15) is 0 Å². The van der Waals surface area contributed by atoms with Gasteiger partial charge in [-0.3, -0.25) is 0 Å². The zero-order valence-corrected chi connectivity index (χ0v) is 9.67. The van der Waals surface area contributed by atoms with Crippen molar-refractivity contribution in [1.29, 1.82) is 0 Å². The van der Waals surface area contributed by atoms with Gasteiger partial charge in [0.05, 0.1) is 18.8 Å². The molecule has 0 bridgehead atoms. The highest BCUT2D eigenvalue weighted by Crippen LogP contribution is 2.28. The van der Waals surface area contributed by atoms with Crippen LogP contribution >= 0.6 is 0 Å². The number of benzene rings is 1. The molecule has 0 aromatic heterocycles. The lowest BCUT2D eigenvalue weighted by molar-refractivity contribution is -0.206. The van der Waals surface area contributed by atoms with E-state index in [4.69, 9.17) is 14.2 Å². The Bertz CT molecular complexity index is 360. The third kappa shape index (κ3) is 3.14. The molecule has 0 radical (unpaired) electrons. The Labute approximate surface area is 102 Å². The second-order valence-electron chi connectivity index (χ2n) is 3.17. The first-order valence-corrected chi connectivity index (χ1v) is 5.14. The van der Waals surface area contributed by atoms with E-state index in [1.807, 2.05) is 30.3 Å². The fraction of sp³-hybridized carbons (Fsp3) is 0.143. The van der Waals surface area contributed by atoms with Crippen molar-refractivity contribution in [2.45, 2.75) is 5.79 Å². The molecule has 0 spiro atoms. The molecule has 0 saturated heterocycles. The topological polar surface area (TPSA) is 27.7 Å². The van der Waals surface area contributed by atoms with Crippen LogP contribution in [0.25, 0.3) is 0 Å². The minimum absolute atomic E-state index is 0.151. The molecule has 17 heavy (non-hydrogen) atoms. The molecule has 0 aliphatic carbocycles. The minimum Gasteiger partial charge on any atom is -0.493 e. The normalized spacial score (nSPS) is 10.1. The summed E-state index contributed by atoms with van der Waals surface area (Å²) in [6, 6.07) is 9.43. The summed E-state index contributed by atoms with van der Waals surface area (Å²) in [6.45, 7) is 10.7. The first kappa shape index (κ1) is 12.9. The van der Waals surface area contributed by atoms with Crippen molar-refractivity contribution < 1.29 is 14.2 Å². The Morgan fingerprint density at radius 3 is 2.00 bits per heavy atom. The van der Waals surface area contributed by atoms with Gasteiger partial charge < -0.3 is 14.2 Å². The SMILES string of the molecule is C=COCC(OC=C)(OC=C)c1ccccc1. The number of rotatable bonds is 8. The molecule has 0 aliphatic rings. The predicted molar refractivity (Wildman–Crippen MR) is 66.8 cm³/mol. The summed E-state index contributed by atoms with van der Waals surface area (Å²) in [7, 11) is 0. The number of hydrogen-bond donors (Lipinski definition) is 0. The molecule has 0 atom stereocenters. The van der Waals surface area contributed by atoms with Gasteiger partial charge in [0, 0.05) is 5.56 Å². The van der Waals surface area contributed by atoms with Crippen molar-refractivity contribution in [1.82, 2.24) is 0 Å². The molecule has 0 heterocycles. The van der Waals surface area contributed by atoms with E-state index in [9.17, 15) is 0 Å². The molecule has 0 saturated carbocycles. The zero-order valence-electron chi connectivity index (χ0n) is 9.67. The summed E-state index contributed by atoms with van der Waals surface area (Å²) in [6.07, 6.45) is 3.95. The van der Waals surface area contributed by atoms with Crippen LogP contribution in [0.2, 0.25) is 0 Å². The standard InChI is InChI=1S/C14H16O3/c1-4-15-12-14(16-5-2,17-6-3)13-10-8-7-9-11-13/h4-11H,1-3,12H2. The number of ether oxygens (including phenoxy) is 3. The van der Waals surface area contributed by atoms with Gasteiger partial charge in [0.1, 0.15) is 0 Å². The van der Waals surface area contributed by atoms with E-state index in [1.165, 1.54) is 18.8 Å². The van der Waals surface area contributed by atoms with Gasteiger partial charge in [0.2, 0.25) is 0 Å². The maximum Gasteiger partial charge on any atom is 0.311 e. The van der Waals surface area contributed by atoms with Crippen molar-refractivity contribution in [3.63, 3.8) is 0 Å². The molecule has 1 rings (SSSR count). The molecule has 3 heteroatoms. The van der Waals surface area contributed by atoms with Gasteiger partial charge in [-0.15, -0.1) is 0 Å². The summed E-state index contributed by atoms with van der Waals surface area (Å²) in [5.41, 5.74) is 0.807. The summed E-state index contributed by atoms with van der Waals surface area (Å²) in [4.78, 5) is 0. The molecule has 1 aromatic rings. The van der Waals surface area contributed by atoms with Crippen molar-refractivity contribution in [2.24, 2.45) is 0 Å². The Morgan fingerprint density at radius 2 is 1.53 bits per heavy atom. The largest absolute Gasteiger partial charge is 0.493 e. The van der Waals surface area contributed by atoms with Crippen LogP contribution < -0.4 is 0 Å². The monoisotopic (exact) mass is 232 g/mol. The maximum absolute atomic E-state index is 5.46. The van der Waals surface area contributed by atoms with E-state index in [-0.39, 0.29) is 6.61 Å². The fourth-order valence-corrected chi connectivity index (χ4v) is 1.45. The second-order valence-corrected chi connectivity index (χ2v) is 3.17. The van der Waals surface area contributed by atoms with E-state index in [1.54, 1.807) is 0 Å². The highest BCUT2D eigenvalue weighted by molar-refractivity contribution is 5.21. The van der Waals surface area contributed by atoms with Crippen LogP contribution in [0.3, 0.4) is 0 Å². The first-order valence-electron chi connectivity index (χ1n) is 5.14.